The Kier molecular flexibility index (Phi) is 5.60. The zero-order valence-electron chi connectivity index (χ0n) is 9.49. The largest absolute Gasteiger partial charge is 0.456 e. The Balaban J connectivity index is 2.24. The van der Waals surface area contributed by atoms with Crippen molar-refractivity contribution in [3.63, 3.8) is 0 Å². The highest BCUT2D eigenvalue weighted by atomic mass is 16.5. The Hall–Kier alpha value is -1.33. The van der Waals surface area contributed by atoms with Crippen LogP contribution in [0.1, 0.15) is 23.2 Å². The van der Waals surface area contributed by atoms with Gasteiger partial charge in [0.15, 0.2) is 5.76 Å². The van der Waals surface area contributed by atoms with E-state index in [9.17, 15) is 4.79 Å². The smallest absolute Gasteiger partial charge is 0.287 e. The molecule has 0 spiro atoms. The minimum atomic E-state index is -0.212. The van der Waals surface area contributed by atoms with Crippen molar-refractivity contribution in [3.05, 3.63) is 23.7 Å². The number of furan rings is 1. The molecule has 0 atom stereocenters. The van der Waals surface area contributed by atoms with Crippen LogP contribution < -0.4 is 11.1 Å². The number of aryl methyl sites for hydroxylation is 1. The van der Waals surface area contributed by atoms with Crippen molar-refractivity contribution in [2.75, 3.05) is 26.3 Å². The van der Waals surface area contributed by atoms with Crippen molar-refractivity contribution in [2.24, 2.45) is 5.73 Å². The van der Waals surface area contributed by atoms with Gasteiger partial charge in [-0.05, 0) is 12.1 Å². The van der Waals surface area contributed by atoms with Gasteiger partial charge in [-0.1, -0.05) is 6.92 Å². The van der Waals surface area contributed by atoms with Crippen LogP contribution in [0.3, 0.4) is 0 Å². The van der Waals surface area contributed by atoms with E-state index < -0.39 is 0 Å². The lowest BCUT2D eigenvalue weighted by Gasteiger charge is -2.03. The van der Waals surface area contributed by atoms with Crippen LogP contribution in [0.2, 0.25) is 0 Å². The van der Waals surface area contributed by atoms with Crippen LogP contribution in [0, 0.1) is 0 Å². The van der Waals surface area contributed by atoms with Gasteiger partial charge in [-0.3, -0.25) is 4.79 Å². The number of carbonyl (C=O) groups excluding carboxylic acids is 1. The van der Waals surface area contributed by atoms with Gasteiger partial charge in [0.1, 0.15) is 5.76 Å². The van der Waals surface area contributed by atoms with Crippen molar-refractivity contribution >= 4 is 5.91 Å². The molecule has 0 radical (unpaired) electrons. The van der Waals surface area contributed by atoms with Crippen LogP contribution in [-0.4, -0.2) is 32.2 Å². The highest BCUT2D eigenvalue weighted by Crippen LogP contribution is 2.07. The fraction of sp³-hybridized carbons (Fsp3) is 0.545. The SMILES string of the molecule is CCc1ccc(C(=O)NCCOCCN)o1. The molecule has 1 aromatic rings. The molecule has 16 heavy (non-hydrogen) atoms. The molecule has 0 aliphatic heterocycles. The molecule has 0 fully saturated rings. The van der Waals surface area contributed by atoms with E-state index in [-0.39, 0.29) is 5.91 Å². The summed E-state index contributed by atoms with van der Waals surface area (Å²) in [6.07, 6.45) is 0.785. The molecule has 0 bridgehead atoms. The third-order valence-corrected chi connectivity index (χ3v) is 2.03. The third-order valence-electron chi connectivity index (χ3n) is 2.03. The Morgan fingerprint density at radius 3 is 2.94 bits per heavy atom. The van der Waals surface area contributed by atoms with E-state index in [2.05, 4.69) is 5.32 Å². The number of hydrogen-bond acceptors (Lipinski definition) is 4. The second-order valence-electron chi connectivity index (χ2n) is 3.28. The first-order valence-electron chi connectivity index (χ1n) is 5.42. The average molecular weight is 226 g/mol. The summed E-state index contributed by atoms with van der Waals surface area (Å²) in [6.45, 7) is 3.90. The summed E-state index contributed by atoms with van der Waals surface area (Å²) in [6, 6.07) is 3.48. The van der Waals surface area contributed by atoms with Gasteiger partial charge in [0.2, 0.25) is 0 Å². The molecule has 0 aliphatic carbocycles. The van der Waals surface area contributed by atoms with Crippen molar-refractivity contribution in [1.82, 2.24) is 5.32 Å². The molecular weight excluding hydrogens is 208 g/mol. The minimum absolute atomic E-state index is 0.212. The second-order valence-corrected chi connectivity index (χ2v) is 3.28. The molecule has 1 aromatic heterocycles. The van der Waals surface area contributed by atoms with Crippen molar-refractivity contribution in [2.45, 2.75) is 13.3 Å². The first kappa shape index (κ1) is 12.7. The van der Waals surface area contributed by atoms with Gasteiger partial charge < -0.3 is 20.2 Å². The van der Waals surface area contributed by atoms with Crippen LogP contribution in [0.5, 0.6) is 0 Å². The summed E-state index contributed by atoms with van der Waals surface area (Å²) in [5, 5.41) is 2.70. The maximum absolute atomic E-state index is 11.5. The van der Waals surface area contributed by atoms with E-state index in [0.717, 1.165) is 12.2 Å². The predicted molar refractivity (Wildman–Crippen MR) is 60.3 cm³/mol. The van der Waals surface area contributed by atoms with Gasteiger partial charge in [0.05, 0.1) is 13.2 Å². The van der Waals surface area contributed by atoms with E-state index in [0.29, 0.717) is 32.1 Å². The Morgan fingerprint density at radius 1 is 1.50 bits per heavy atom. The van der Waals surface area contributed by atoms with Crippen molar-refractivity contribution in [3.8, 4) is 0 Å². The molecular formula is C11H18N2O3. The summed E-state index contributed by atoms with van der Waals surface area (Å²) < 4.78 is 10.4. The fourth-order valence-electron chi connectivity index (χ4n) is 1.20. The molecule has 0 saturated heterocycles. The van der Waals surface area contributed by atoms with Crippen molar-refractivity contribution in [1.29, 1.82) is 0 Å². The molecule has 5 heteroatoms. The summed E-state index contributed by atoms with van der Waals surface area (Å²) in [4.78, 5) is 11.5. The summed E-state index contributed by atoms with van der Waals surface area (Å²) in [5.74, 6) is 0.941. The maximum atomic E-state index is 11.5. The molecule has 3 N–H and O–H groups in total. The first-order chi connectivity index (χ1) is 7.77. The predicted octanol–water partition coefficient (Wildman–Crippen LogP) is 0.547. The van der Waals surface area contributed by atoms with E-state index >= 15 is 0 Å². The number of ether oxygens (including phenoxy) is 1. The normalized spacial score (nSPS) is 10.4. The van der Waals surface area contributed by atoms with Crippen LogP contribution in [0.25, 0.3) is 0 Å². The summed E-state index contributed by atoms with van der Waals surface area (Å²) in [7, 11) is 0. The molecule has 5 nitrogen and oxygen atoms in total. The molecule has 1 heterocycles. The van der Waals surface area contributed by atoms with Crippen molar-refractivity contribution < 1.29 is 13.9 Å². The van der Waals surface area contributed by atoms with Crippen LogP contribution in [0.4, 0.5) is 0 Å². The quantitative estimate of drug-likeness (QED) is 0.665. The lowest BCUT2D eigenvalue weighted by molar-refractivity contribution is 0.0891. The Bertz CT molecular complexity index is 323. The van der Waals surface area contributed by atoms with E-state index in [4.69, 9.17) is 14.9 Å². The van der Waals surface area contributed by atoms with Gasteiger partial charge in [-0.25, -0.2) is 0 Å². The van der Waals surface area contributed by atoms with E-state index in [1.165, 1.54) is 0 Å². The Labute approximate surface area is 94.9 Å². The van der Waals surface area contributed by atoms with Crippen LogP contribution in [-0.2, 0) is 11.2 Å². The number of carbonyl (C=O) groups is 1. The van der Waals surface area contributed by atoms with Crippen LogP contribution >= 0.6 is 0 Å². The zero-order valence-corrected chi connectivity index (χ0v) is 9.49. The summed E-state index contributed by atoms with van der Waals surface area (Å²) in [5.41, 5.74) is 5.25. The van der Waals surface area contributed by atoms with Gasteiger partial charge in [0.25, 0.3) is 5.91 Å². The second kappa shape index (κ2) is 7.03. The topological polar surface area (TPSA) is 77.5 Å². The third kappa shape index (κ3) is 4.04. The monoisotopic (exact) mass is 226 g/mol. The zero-order chi connectivity index (χ0) is 11.8. The molecule has 0 unspecified atom stereocenters. The van der Waals surface area contributed by atoms with Gasteiger partial charge >= 0.3 is 0 Å². The molecule has 1 amide bonds. The van der Waals surface area contributed by atoms with Gasteiger partial charge in [-0.2, -0.15) is 0 Å². The fourth-order valence-corrected chi connectivity index (χ4v) is 1.20. The molecule has 0 saturated carbocycles. The maximum Gasteiger partial charge on any atom is 0.287 e. The highest BCUT2D eigenvalue weighted by molar-refractivity contribution is 5.91. The standard InChI is InChI=1S/C11H18N2O3/c1-2-9-3-4-10(16-9)11(14)13-6-8-15-7-5-12/h3-4H,2,5-8,12H2,1H3,(H,13,14). The number of rotatable bonds is 7. The van der Waals surface area contributed by atoms with Gasteiger partial charge in [0, 0.05) is 19.5 Å². The van der Waals surface area contributed by atoms with Gasteiger partial charge in [-0.15, -0.1) is 0 Å². The first-order valence-corrected chi connectivity index (χ1v) is 5.42. The number of nitrogens with one attached hydrogen (secondary N) is 1. The average Bonchev–Trinajstić information content (AvgIpc) is 2.77. The van der Waals surface area contributed by atoms with Crippen LogP contribution in [0.15, 0.2) is 16.5 Å². The van der Waals surface area contributed by atoms with E-state index in [1.54, 1.807) is 12.1 Å². The summed E-state index contributed by atoms with van der Waals surface area (Å²) >= 11 is 0. The Morgan fingerprint density at radius 2 is 2.31 bits per heavy atom. The minimum Gasteiger partial charge on any atom is -0.456 e. The number of nitrogens with two attached hydrogens (primary N) is 1. The highest BCUT2D eigenvalue weighted by Gasteiger charge is 2.09. The molecule has 0 aromatic carbocycles. The lowest BCUT2D eigenvalue weighted by atomic mass is 10.3. The lowest BCUT2D eigenvalue weighted by Crippen LogP contribution is -2.27. The number of amides is 1. The number of hydrogen-bond donors (Lipinski definition) is 2. The van der Waals surface area contributed by atoms with E-state index in [1.807, 2.05) is 6.92 Å². The molecule has 90 valence electrons. The molecule has 1 rings (SSSR count). The molecule has 0 aliphatic rings.